The van der Waals surface area contributed by atoms with Crippen LogP contribution in [0.1, 0.15) is 5.56 Å². The molecule has 0 aliphatic rings. The molecule has 0 aromatic heterocycles. The third-order valence-electron chi connectivity index (χ3n) is 4.69. The lowest BCUT2D eigenvalue weighted by Crippen LogP contribution is -2.26. The molecule has 31 heavy (non-hydrogen) atoms. The summed E-state index contributed by atoms with van der Waals surface area (Å²) in [6, 6.07) is 20.7. The fraction of sp³-hybridized carbons (Fsp3) is 0.174. The molecule has 0 saturated heterocycles. The predicted octanol–water partition coefficient (Wildman–Crippen LogP) is 3.88. The van der Waals surface area contributed by atoms with E-state index in [0.717, 1.165) is 5.56 Å². The Morgan fingerprint density at radius 2 is 1.74 bits per heavy atom. The van der Waals surface area contributed by atoms with Gasteiger partial charge in [0.05, 0.1) is 29.9 Å². The van der Waals surface area contributed by atoms with Gasteiger partial charge in [0.2, 0.25) is 5.91 Å². The van der Waals surface area contributed by atoms with Crippen LogP contribution in [0.4, 0.5) is 17.1 Å². The average molecular weight is 440 g/mol. The van der Waals surface area contributed by atoms with Crippen molar-refractivity contribution in [3.05, 3.63) is 78.4 Å². The number of anilines is 3. The summed E-state index contributed by atoms with van der Waals surface area (Å²) in [5.74, 6) is 0.287. The first-order chi connectivity index (χ1) is 14.8. The Morgan fingerprint density at radius 1 is 1.00 bits per heavy atom. The second-order valence-electron chi connectivity index (χ2n) is 6.94. The lowest BCUT2D eigenvalue weighted by Gasteiger charge is -2.20. The molecule has 0 atom stereocenters. The molecule has 8 heteroatoms. The van der Waals surface area contributed by atoms with Crippen LogP contribution >= 0.6 is 0 Å². The molecular weight excluding hydrogens is 414 g/mol. The summed E-state index contributed by atoms with van der Waals surface area (Å²) in [5.41, 5.74) is 2.65. The first kappa shape index (κ1) is 22.2. The fourth-order valence-corrected chi connectivity index (χ4v) is 4.24. The van der Waals surface area contributed by atoms with E-state index in [1.807, 2.05) is 25.1 Å². The Labute approximate surface area is 182 Å². The number of nitrogens with zero attached hydrogens (tertiary/aromatic N) is 1. The van der Waals surface area contributed by atoms with Gasteiger partial charge >= 0.3 is 0 Å². The molecule has 3 aromatic rings. The largest absolute Gasteiger partial charge is 0.495 e. The molecule has 1 amide bonds. The predicted molar refractivity (Wildman–Crippen MR) is 123 cm³/mol. The van der Waals surface area contributed by atoms with Crippen LogP contribution in [0.15, 0.2) is 77.7 Å². The highest BCUT2D eigenvalue weighted by Gasteiger charge is 2.21. The Kier molecular flexibility index (Phi) is 6.81. The minimum absolute atomic E-state index is 0.0326. The lowest BCUT2D eigenvalue weighted by molar-refractivity contribution is -0.114. The Bertz CT molecular complexity index is 1160. The highest BCUT2D eigenvalue weighted by Crippen LogP contribution is 2.26. The van der Waals surface area contributed by atoms with Gasteiger partial charge < -0.3 is 15.4 Å². The van der Waals surface area contributed by atoms with Crippen molar-refractivity contribution in [2.24, 2.45) is 0 Å². The number of sulfonamides is 1. The molecule has 0 radical (unpaired) electrons. The summed E-state index contributed by atoms with van der Waals surface area (Å²) in [7, 11) is -0.693. The zero-order valence-electron chi connectivity index (χ0n) is 17.6. The van der Waals surface area contributed by atoms with E-state index < -0.39 is 10.0 Å². The molecule has 0 aliphatic carbocycles. The Balaban J connectivity index is 1.70. The van der Waals surface area contributed by atoms with Crippen LogP contribution in [0.3, 0.4) is 0 Å². The van der Waals surface area contributed by atoms with Crippen molar-refractivity contribution in [1.29, 1.82) is 0 Å². The number of nitrogens with one attached hydrogen (secondary N) is 2. The van der Waals surface area contributed by atoms with Crippen LogP contribution in [0.25, 0.3) is 0 Å². The molecule has 7 nitrogen and oxygen atoms in total. The third kappa shape index (κ3) is 5.35. The topological polar surface area (TPSA) is 87.7 Å². The van der Waals surface area contributed by atoms with Crippen LogP contribution in [0, 0.1) is 6.92 Å². The fourth-order valence-electron chi connectivity index (χ4n) is 3.00. The minimum atomic E-state index is -3.74. The Morgan fingerprint density at radius 3 is 2.45 bits per heavy atom. The van der Waals surface area contributed by atoms with Crippen molar-refractivity contribution in [2.45, 2.75) is 11.8 Å². The molecule has 0 spiro atoms. The summed E-state index contributed by atoms with van der Waals surface area (Å²) in [4.78, 5) is 12.5. The highest BCUT2D eigenvalue weighted by molar-refractivity contribution is 7.92. The maximum atomic E-state index is 13.0. The molecule has 3 rings (SSSR count). The van der Waals surface area contributed by atoms with Crippen molar-refractivity contribution in [3.63, 3.8) is 0 Å². The minimum Gasteiger partial charge on any atom is -0.495 e. The molecule has 0 heterocycles. The van der Waals surface area contributed by atoms with Crippen LogP contribution in [-0.4, -0.2) is 35.0 Å². The van der Waals surface area contributed by atoms with Crippen molar-refractivity contribution >= 4 is 33.0 Å². The van der Waals surface area contributed by atoms with Crippen molar-refractivity contribution < 1.29 is 17.9 Å². The smallest absolute Gasteiger partial charge is 0.264 e. The van der Waals surface area contributed by atoms with E-state index in [2.05, 4.69) is 10.6 Å². The summed E-state index contributed by atoms with van der Waals surface area (Å²) in [5, 5.41) is 5.78. The van der Waals surface area contributed by atoms with Gasteiger partial charge in [0.25, 0.3) is 10.0 Å². The number of ether oxygens (including phenoxy) is 1. The van der Waals surface area contributed by atoms with E-state index >= 15 is 0 Å². The summed E-state index contributed by atoms with van der Waals surface area (Å²) < 4.78 is 32.4. The van der Waals surface area contributed by atoms with Gasteiger partial charge in [-0.05, 0) is 55.0 Å². The molecule has 3 aromatic carbocycles. The third-order valence-corrected chi connectivity index (χ3v) is 6.48. The van der Waals surface area contributed by atoms with Crippen LogP contribution in [0.2, 0.25) is 0 Å². The average Bonchev–Trinajstić information content (AvgIpc) is 2.78. The molecule has 0 fully saturated rings. The van der Waals surface area contributed by atoms with Gasteiger partial charge in [0.1, 0.15) is 5.75 Å². The van der Waals surface area contributed by atoms with E-state index in [-0.39, 0.29) is 17.3 Å². The quantitative estimate of drug-likeness (QED) is 0.556. The number of hydrogen-bond acceptors (Lipinski definition) is 5. The molecule has 162 valence electrons. The normalized spacial score (nSPS) is 10.9. The number of aryl methyl sites for hydroxylation is 1. The number of rotatable bonds is 8. The van der Waals surface area contributed by atoms with E-state index in [1.165, 1.54) is 30.6 Å². The molecule has 0 saturated carbocycles. The van der Waals surface area contributed by atoms with Crippen LogP contribution in [0.5, 0.6) is 5.75 Å². The second kappa shape index (κ2) is 9.53. The maximum Gasteiger partial charge on any atom is 0.264 e. The van der Waals surface area contributed by atoms with Gasteiger partial charge in [-0.3, -0.25) is 9.10 Å². The van der Waals surface area contributed by atoms with Crippen LogP contribution < -0.4 is 19.7 Å². The van der Waals surface area contributed by atoms with E-state index in [1.54, 1.807) is 42.5 Å². The molecule has 2 N–H and O–H groups in total. The van der Waals surface area contributed by atoms with E-state index in [9.17, 15) is 13.2 Å². The summed E-state index contributed by atoms with van der Waals surface area (Å²) >= 11 is 0. The van der Waals surface area contributed by atoms with Gasteiger partial charge in [-0.1, -0.05) is 30.3 Å². The summed E-state index contributed by atoms with van der Waals surface area (Å²) in [6.07, 6.45) is 0. The SMILES string of the molecule is COc1ccc(C)cc1NC(=O)CNc1cccc(S(=O)(=O)N(C)c2ccccc2)c1. The lowest BCUT2D eigenvalue weighted by atomic mass is 10.2. The first-order valence-electron chi connectivity index (χ1n) is 9.63. The van der Waals surface area contributed by atoms with Gasteiger partial charge in [-0.2, -0.15) is 0 Å². The van der Waals surface area contributed by atoms with E-state index in [4.69, 9.17) is 4.74 Å². The molecular formula is C23H25N3O4S. The standard InChI is InChI=1S/C23H25N3O4S/c1-17-12-13-22(30-3)21(14-17)25-23(27)16-24-18-8-7-11-20(15-18)31(28,29)26(2)19-9-5-4-6-10-19/h4-15,24H,16H2,1-3H3,(H,25,27). The van der Waals surface area contributed by atoms with Gasteiger partial charge in [0.15, 0.2) is 0 Å². The van der Waals surface area contributed by atoms with Gasteiger partial charge in [-0.25, -0.2) is 8.42 Å². The molecule has 0 unspecified atom stereocenters. The molecule has 0 aliphatic heterocycles. The second-order valence-corrected chi connectivity index (χ2v) is 8.91. The number of carbonyl (C=O) groups excluding carboxylic acids is 1. The number of hydrogen-bond donors (Lipinski definition) is 2. The van der Waals surface area contributed by atoms with E-state index in [0.29, 0.717) is 22.8 Å². The van der Waals surface area contributed by atoms with Gasteiger partial charge in [0, 0.05) is 12.7 Å². The van der Waals surface area contributed by atoms with Gasteiger partial charge in [-0.15, -0.1) is 0 Å². The number of benzene rings is 3. The number of methoxy groups -OCH3 is 1. The van der Waals surface area contributed by atoms with Crippen molar-refractivity contribution in [3.8, 4) is 5.75 Å². The zero-order chi connectivity index (χ0) is 22.4. The van der Waals surface area contributed by atoms with Crippen molar-refractivity contribution in [2.75, 3.05) is 35.6 Å². The number of carbonyl (C=O) groups is 1. The maximum absolute atomic E-state index is 13.0. The van der Waals surface area contributed by atoms with Crippen LogP contribution in [-0.2, 0) is 14.8 Å². The number of para-hydroxylation sites is 1. The molecule has 0 bridgehead atoms. The van der Waals surface area contributed by atoms with Crippen molar-refractivity contribution in [1.82, 2.24) is 0 Å². The monoisotopic (exact) mass is 439 g/mol. The number of amides is 1. The summed E-state index contributed by atoms with van der Waals surface area (Å²) in [6.45, 7) is 1.89. The Hall–Kier alpha value is -3.52. The highest BCUT2D eigenvalue weighted by atomic mass is 32.2. The zero-order valence-corrected chi connectivity index (χ0v) is 18.4. The first-order valence-corrected chi connectivity index (χ1v) is 11.1.